The van der Waals surface area contributed by atoms with Gasteiger partial charge in [0.1, 0.15) is 0 Å². The molecule has 1 aromatic rings. The molecule has 0 radical (unpaired) electrons. The number of nitrogens with one attached hydrogen (secondary N) is 1. The van der Waals surface area contributed by atoms with Gasteiger partial charge < -0.3 is 5.32 Å². The monoisotopic (exact) mass is 276 g/mol. The zero-order valence-electron chi connectivity index (χ0n) is 11.6. The average Bonchev–Trinajstić information content (AvgIpc) is 2.51. The first-order chi connectivity index (χ1) is 9.45. The summed E-state index contributed by atoms with van der Waals surface area (Å²) in [7, 11) is 0. The van der Waals surface area contributed by atoms with Crippen LogP contribution in [-0.2, 0) is 0 Å². The van der Waals surface area contributed by atoms with E-state index >= 15 is 0 Å². The van der Waals surface area contributed by atoms with Gasteiger partial charge in [-0.1, -0.05) is 30.3 Å². The van der Waals surface area contributed by atoms with Gasteiger partial charge in [0.15, 0.2) is 0 Å². The van der Waals surface area contributed by atoms with Crippen molar-refractivity contribution < 1.29 is 0 Å². The second-order valence-corrected chi connectivity index (χ2v) is 6.82. The molecule has 1 N–H and O–H groups in total. The quantitative estimate of drug-likeness (QED) is 0.914. The average molecular weight is 276 g/mol. The molecule has 0 spiro atoms. The summed E-state index contributed by atoms with van der Waals surface area (Å²) in [4.78, 5) is 2.71. The second-order valence-electron chi connectivity index (χ2n) is 5.59. The first kappa shape index (κ1) is 13.5. The fourth-order valence-electron chi connectivity index (χ4n) is 3.42. The van der Waals surface area contributed by atoms with Crippen LogP contribution < -0.4 is 5.32 Å². The van der Waals surface area contributed by atoms with Crippen molar-refractivity contribution in [2.24, 2.45) is 5.92 Å². The Kier molecular flexibility index (Phi) is 4.81. The summed E-state index contributed by atoms with van der Waals surface area (Å²) in [6.45, 7) is 4.68. The highest BCUT2D eigenvalue weighted by Crippen LogP contribution is 2.37. The molecule has 1 aromatic carbocycles. The van der Waals surface area contributed by atoms with Crippen LogP contribution in [0.15, 0.2) is 30.3 Å². The van der Waals surface area contributed by atoms with Crippen LogP contribution in [0.2, 0.25) is 0 Å². The number of rotatable bonds is 3. The maximum absolute atomic E-state index is 3.48. The lowest BCUT2D eigenvalue weighted by Crippen LogP contribution is -2.47. The normalized spacial score (nSPS) is 24.2. The van der Waals surface area contributed by atoms with Gasteiger partial charge in [-0.3, -0.25) is 4.90 Å². The number of piperazine rings is 1. The number of hydrogen-bond acceptors (Lipinski definition) is 3. The molecule has 0 saturated carbocycles. The zero-order chi connectivity index (χ0) is 12.9. The summed E-state index contributed by atoms with van der Waals surface area (Å²) >= 11 is 2.13. The van der Waals surface area contributed by atoms with Crippen molar-refractivity contribution in [3.8, 4) is 0 Å². The van der Waals surface area contributed by atoms with Gasteiger partial charge in [-0.15, -0.1) is 0 Å². The maximum Gasteiger partial charge on any atom is 0.0377 e. The van der Waals surface area contributed by atoms with Crippen LogP contribution in [0, 0.1) is 5.92 Å². The van der Waals surface area contributed by atoms with Crippen LogP contribution in [0.4, 0.5) is 0 Å². The van der Waals surface area contributed by atoms with Gasteiger partial charge in [0.05, 0.1) is 0 Å². The fourth-order valence-corrected chi connectivity index (χ4v) is 4.57. The van der Waals surface area contributed by atoms with Gasteiger partial charge in [0.2, 0.25) is 0 Å². The van der Waals surface area contributed by atoms with Crippen LogP contribution in [0.25, 0.3) is 0 Å². The summed E-state index contributed by atoms with van der Waals surface area (Å²) in [6.07, 6.45) is 2.77. The Morgan fingerprint density at radius 1 is 1.05 bits per heavy atom. The molecular weight excluding hydrogens is 252 g/mol. The smallest absolute Gasteiger partial charge is 0.0377 e. The van der Waals surface area contributed by atoms with Crippen LogP contribution in [-0.4, -0.2) is 42.6 Å². The van der Waals surface area contributed by atoms with Crippen molar-refractivity contribution in [1.29, 1.82) is 0 Å². The molecule has 0 aliphatic carbocycles. The lowest BCUT2D eigenvalue weighted by atomic mass is 9.87. The van der Waals surface area contributed by atoms with Crippen molar-refractivity contribution in [3.05, 3.63) is 35.9 Å². The van der Waals surface area contributed by atoms with Crippen LogP contribution in [0.5, 0.6) is 0 Å². The minimum Gasteiger partial charge on any atom is -0.314 e. The zero-order valence-corrected chi connectivity index (χ0v) is 12.4. The first-order valence-corrected chi connectivity index (χ1v) is 8.68. The molecule has 2 nitrogen and oxygen atoms in total. The van der Waals surface area contributed by atoms with E-state index in [1.54, 1.807) is 0 Å². The van der Waals surface area contributed by atoms with Gasteiger partial charge in [-0.05, 0) is 35.8 Å². The molecule has 2 aliphatic rings. The van der Waals surface area contributed by atoms with E-state index in [-0.39, 0.29) is 0 Å². The Bertz CT molecular complexity index is 352. The van der Waals surface area contributed by atoms with E-state index in [0.29, 0.717) is 6.04 Å². The number of thioether (sulfide) groups is 1. The van der Waals surface area contributed by atoms with E-state index in [1.165, 1.54) is 43.0 Å². The fraction of sp³-hybridized carbons (Fsp3) is 0.625. The van der Waals surface area contributed by atoms with Gasteiger partial charge >= 0.3 is 0 Å². The highest BCUT2D eigenvalue weighted by molar-refractivity contribution is 7.99. The van der Waals surface area contributed by atoms with Crippen molar-refractivity contribution in [2.45, 2.75) is 18.9 Å². The van der Waals surface area contributed by atoms with Crippen molar-refractivity contribution in [2.75, 3.05) is 37.7 Å². The minimum absolute atomic E-state index is 0.643. The Labute approximate surface area is 121 Å². The molecule has 3 heteroatoms. The highest BCUT2D eigenvalue weighted by Gasteiger charge is 2.30. The predicted molar refractivity (Wildman–Crippen MR) is 83.7 cm³/mol. The lowest BCUT2D eigenvalue weighted by Gasteiger charge is -2.41. The Morgan fingerprint density at radius 2 is 1.74 bits per heavy atom. The molecule has 3 rings (SSSR count). The molecule has 104 valence electrons. The first-order valence-electron chi connectivity index (χ1n) is 7.52. The van der Waals surface area contributed by atoms with Gasteiger partial charge in [-0.2, -0.15) is 11.8 Å². The van der Waals surface area contributed by atoms with Crippen LogP contribution in [0.3, 0.4) is 0 Å². The van der Waals surface area contributed by atoms with Gasteiger partial charge in [-0.25, -0.2) is 0 Å². The van der Waals surface area contributed by atoms with E-state index in [2.05, 4.69) is 52.3 Å². The topological polar surface area (TPSA) is 15.3 Å². The highest BCUT2D eigenvalue weighted by atomic mass is 32.2. The Balaban J connectivity index is 1.81. The third-order valence-corrected chi connectivity index (χ3v) is 5.45. The molecule has 0 amide bonds. The third kappa shape index (κ3) is 3.33. The molecule has 2 heterocycles. The Hall–Kier alpha value is -0.510. The molecule has 2 fully saturated rings. The van der Waals surface area contributed by atoms with Crippen molar-refractivity contribution in [1.82, 2.24) is 10.2 Å². The largest absolute Gasteiger partial charge is 0.314 e. The summed E-state index contributed by atoms with van der Waals surface area (Å²) in [5.41, 5.74) is 1.53. The summed E-state index contributed by atoms with van der Waals surface area (Å²) in [5.74, 6) is 3.54. The van der Waals surface area contributed by atoms with Crippen molar-refractivity contribution in [3.63, 3.8) is 0 Å². The van der Waals surface area contributed by atoms with Gasteiger partial charge in [0, 0.05) is 32.2 Å². The van der Waals surface area contributed by atoms with E-state index in [4.69, 9.17) is 0 Å². The SMILES string of the molecule is c1ccc(C(C2CCSCC2)N2CCNCC2)cc1. The van der Waals surface area contributed by atoms with Crippen molar-refractivity contribution >= 4 is 11.8 Å². The summed E-state index contributed by atoms with van der Waals surface area (Å²) < 4.78 is 0. The molecular formula is C16H24N2S. The second kappa shape index (κ2) is 6.78. The third-order valence-electron chi connectivity index (χ3n) is 4.40. The van der Waals surface area contributed by atoms with E-state index < -0.39 is 0 Å². The van der Waals surface area contributed by atoms with Crippen LogP contribution >= 0.6 is 11.8 Å². The van der Waals surface area contributed by atoms with E-state index in [0.717, 1.165) is 19.0 Å². The Morgan fingerprint density at radius 3 is 2.42 bits per heavy atom. The molecule has 2 saturated heterocycles. The standard InChI is InChI=1S/C16H24N2S/c1-2-4-14(5-3-1)16(15-6-12-19-13-7-15)18-10-8-17-9-11-18/h1-5,15-17H,6-13H2. The molecule has 19 heavy (non-hydrogen) atoms. The summed E-state index contributed by atoms with van der Waals surface area (Å²) in [5, 5.41) is 3.48. The number of hydrogen-bond donors (Lipinski definition) is 1. The summed E-state index contributed by atoms with van der Waals surface area (Å²) in [6, 6.07) is 11.8. The van der Waals surface area contributed by atoms with Gasteiger partial charge in [0.25, 0.3) is 0 Å². The molecule has 1 unspecified atom stereocenters. The van der Waals surface area contributed by atoms with E-state index in [9.17, 15) is 0 Å². The molecule has 1 atom stereocenters. The molecule has 2 aliphatic heterocycles. The minimum atomic E-state index is 0.643. The van der Waals surface area contributed by atoms with Crippen LogP contribution in [0.1, 0.15) is 24.4 Å². The lowest BCUT2D eigenvalue weighted by molar-refractivity contribution is 0.119. The molecule has 0 aromatic heterocycles. The molecule has 0 bridgehead atoms. The number of nitrogens with zero attached hydrogens (tertiary/aromatic N) is 1. The maximum atomic E-state index is 3.48. The predicted octanol–water partition coefficient (Wildman–Crippen LogP) is 2.78. The number of benzene rings is 1. The van der Waals surface area contributed by atoms with E-state index in [1.807, 2.05) is 0 Å².